The number of rotatable bonds is 15. The van der Waals surface area contributed by atoms with E-state index < -0.39 is 89.4 Å². The Morgan fingerprint density at radius 2 is 1.36 bits per heavy atom. The Bertz CT molecular complexity index is 1920. The van der Waals surface area contributed by atoms with E-state index in [-0.39, 0.29) is 77.2 Å². The number of aliphatic hydroxyl groups excluding tert-OH is 1. The van der Waals surface area contributed by atoms with Crippen LogP contribution in [0.2, 0.25) is 0 Å². The molecule has 2 aromatic rings. The highest BCUT2D eigenvalue weighted by Crippen LogP contribution is 2.14. The minimum Gasteiger partial charge on any atom is -0.391 e. The number of hydrogen-bond acceptors (Lipinski definition) is 13. The molecule has 8 atom stereocenters. The third-order valence-corrected chi connectivity index (χ3v) is 11.0. The monoisotopic (exact) mass is 923 g/mol. The molecule has 1 aliphatic heterocycles. The van der Waals surface area contributed by atoms with Crippen molar-refractivity contribution in [2.45, 2.75) is 121 Å². The van der Waals surface area contributed by atoms with Crippen molar-refractivity contribution in [3.05, 3.63) is 65.7 Å². The number of urea groups is 1. The summed E-state index contributed by atoms with van der Waals surface area (Å²) in [6, 6.07) is 7.15. The van der Waals surface area contributed by atoms with Gasteiger partial charge in [-0.2, -0.15) is 0 Å². The fraction of sp³-hybridized carbons (Fsp3) is 0.556. The van der Waals surface area contributed by atoms with E-state index in [0.29, 0.717) is 17.5 Å². The maximum absolute atomic E-state index is 14.3. The second-order valence-corrected chi connectivity index (χ2v) is 16.9. The summed E-state index contributed by atoms with van der Waals surface area (Å²) in [6.07, 6.45) is -0.509. The van der Waals surface area contributed by atoms with Crippen LogP contribution in [0.4, 0.5) is 10.5 Å². The van der Waals surface area contributed by atoms with Crippen LogP contribution in [0.15, 0.2) is 54.6 Å². The van der Waals surface area contributed by atoms with E-state index in [1.807, 2.05) is 32.9 Å². The number of nitrogens with one attached hydrogen (secondary N) is 9. The molecule has 1 fully saturated rings. The molecule has 0 radical (unpaired) electrons. The van der Waals surface area contributed by atoms with Crippen LogP contribution in [0, 0.1) is 5.92 Å². The first-order chi connectivity index (χ1) is 31.5. The molecule has 0 bridgehead atoms. The highest BCUT2D eigenvalue weighted by Gasteiger charge is 2.38. The molecule has 1 aliphatic rings. The summed E-state index contributed by atoms with van der Waals surface area (Å²) < 4.78 is 0. The Balaban J connectivity index is 2.11. The zero-order valence-corrected chi connectivity index (χ0v) is 38.3. The van der Waals surface area contributed by atoms with Crippen molar-refractivity contribution in [2.75, 3.05) is 38.0 Å². The van der Waals surface area contributed by atoms with Crippen LogP contribution < -0.4 is 65.1 Å². The van der Waals surface area contributed by atoms with Crippen molar-refractivity contribution in [1.82, 2.24) is 42.5 Å². The largest absolute Gasteiger partial charge is 0.391 e. The van der Waals surface area contributed by atoms with Crippen LogP contribution in [0.1, 0.15) is 70.9 Å². The van der Waals surface area contributed by atoms with Crippen molar-refractivity contribution in [2.24, 2.45) is 23.1 Å². The molecular formula is C45H70N12O9. The van der Waals surface area contributed by atoms with E-state index >= 15 is 0 Å². The number of anilines is 1. The van der Waals surface area contributed by atoms with Gasteiger partial charge in [-0.15, -0.1) is 0 Å². The fourth-order valence-electron chi connectivity index (χ4n) is 7.25. The minimum atomic E-state index is -1.69. The number of carbonyl (C=O) groups excluding carboxylic acids is 8. The van der Waals surface area contributed by atoms with Crippen molar-refractivity contribution in [3.63, 3.8) is 0 Å². The van der Waals surface area contributed by atoms with Gasteiger partial charge in [0.25, 0.3) is 0 Å². The lowest BCUT2D eigenvalue weighted by Gasteiger charge is -2.34. The first-order valence-electron chi connectivity index (χ1n) is 22.5. The topological polar surface area (TPSA) is 343 Å². The van der Waals surface area contributed by atoms with Gasteiger partial charge in [-0.3, -0.25) is 28.8 Å². The SMILES string of the molecule is CCc1ccc(NC(=O)N[C@H]2CCNC(=O)[C@H]([C@@H](C)O)NC(=O)[C@H](CCN)NC[C@@](C=O)(CCN)NC(=O)[C@H](CC(C)C)NC(=O)[C@@H](Cc3ccccc3)NC(=O)[C@H](CCN)NC2=O)cc1. The zero-order valence-electron chi connectivity index (χ0n) is 38.3. The molecule has 364 valence electrons. The summed E-state index contributed by atoms with van der Waals surface area (Å²) in [4.78, 5) is 110. The molecule has 0 aliphatic carbocycles. The van der Waals surface area contributed by atoms with Crippen LogP contribution in [0.5, 0.6) is 0 Å². The quantitative estimate of drug-likeness (QED) is 0.0855. The number of amides is 8. The van der Waals surface area contributed by atoms with Gasteiger partial charge < -0.3 is 75.0 Å². The Kier molecular flexibility index (Phi) is 22.6. The average molecular weight is 923 g/mol. The predicted octanol–water partition coefficient (Wildman–Crippen LogP) is -2.07. The molecule has 3 rings (SSSR count). The van der Waals surface area contributed by atoms with Gasteiger partial charge in [0.2, 0.25) is 35.4 Å². The second kappa shape index (κ2) is 27.5. The van der Waals surface area contributed by atoms with Gasteiger partial charge >= 0.3 is 6.03 Å². The summed E-state index contributed by atoms with van der Waals surface area (Å²) in [7, 11) is 0. The minimum absolute atomic E-state index is 0.00443. The van der Waals surface area contributed by atoms with Crippen molar-refractivity contribution in [1.29, 1.82) is 0 Å². The lowest BCUT2D eigenvalue weighted by Crippen LogP contribution is -2.64. The molecule has 0 aromatic heterocycles. The van der Waals surface area contributed by atoms with Crippen molar-refractivity contribution < 1.29 is 43.5 Å². The first-order valence-corrected chi connectivity index (χ1v) is 22.5. The second-order valence-electron chi connectivity index (χ2n) is 16.9. The molecule has 1 heterocycles. The van der Waals surface area contributed by atoms with E-state index in [9.17, 15) is 43.5 Å². The first kappa shape index (κ1) is 54.3. The Morgan fingerprint density at radius 3 is 1.95 bits per heavy atom. The van der Waals surface area contributed by atoms with E-state index in [1.165, 1.54) is 6.92 Å². The maximum Gasteiger partial charge on any atom is 0.319 e. The molecule has 21 heteroatoms. The molecular weight excluding hydrogens is 853 g/mol. The number of nitrogens with two attached hydrogens (primary N) is 3. The predicted molar refractivity (Wildman–Crippen MR) is 248 cm³/mol. The smallest absolute Gasteiger partial charge is 0.319 e. The molecule has 66 heavy (non-hydrogen) atoms. The normalized spacial score (nSPS) is 24.9. The van der Waals surface area contributed by atoms with Crippen molar-refractivity contribution in [3.8, 4) is 0 Å². The van der Waals surface area contributed by atoms with Crippen LogP contribution in [0.3, 0.4) is 0 Å². The molecule has 1 saturated heterocycles. The van der Waals surface area contributed by atoms with Gasteiger partial charge in [-0.25, -0.2) is 4.79 Å². The summed E-state index contributed by atoms with van der Waals surface area (Å²) in [5, 5.41) is 34.9. The molecule has 0 spiro atoms. The van der Waals surface area contributed by atoms with Crippen LogP contribution in [-0.4, -0.2) is 133 Å². The number of aryl methyl sites for hydroxylation is 1. The van der Waals surface area contributed by atoms with E-state index in [0.717, 1.165) is 12.0 Å². The fourth-order valence-corrected chi connectivity index (χ4v) is 7.25. The zero-order chi connectivity index (χ0) is 48.8. The lowest BCUT2D eigenvalue weighted by molar-refractivity contribution is -0.135. The van der Waals surface area contributed by atoms with Gasteiger partial charge in [-0.1, -0.05) is 63.2 Å². The molecule has 16 N–H and O–H groups in total. The van der Waals surface area contributed by atoms with Crippen LogP contribution in [0.25, 0.3) is 0 Å². The lowest BCUT2D eigenvalue weighted by atomic mass is 9.94. The van der Waals surface area contributed by atoms with Crippen LogP contribution >= 0.6 is 0 Å². The summed E-state index contributed by atoms with van der Waals surface area (Å²) in [6.45, 7) is 6.16. The molecule has 0 saturated carbocycles. The summed E-state index contributed by atoms with van der Waals surface area (Å²) in [5.74, 6) is -4.88. The number of benzene rings is 2. The van der Waals surface area contributed by atoms with E-state index in [1.54, 1.807) is 42.5 Å². The third-order valence-electron chi connectivity index (χ3n) is 11.0. The Morgan fingerprint density at radius 1 is 0.758 bits per heavy atom. The van der Waals surface area contributed by atoms with Gasteiger partial charge in [0.05, 0.1) is 12.1 Å². The highest BCUT2D eigenvalue weighted by molar-refractivity contribution is 5.97. The van der Waals surface area contributed by atoms with Gasteiger partial charge in [0, 0.05) is 25.2 Å². The van der Waals surface area contributed by atoms with Crippen molar-refractivity contribution >= 4 is 53.4 Å². The molecule has 0 unspecified atom stereocenters. The number of hydrogen-bond donors (Lipinski definition) is 13. The average Bonchev–Trinajstić information content (AvgIpc) is 3.28. The Labute approximate surface area is 386 Å². The van der Waals surface area contributed by atoms with Gasteiger partial charge in [-0.05, 0) is 94.3 Å². The standard InChI is InChI=1S/C45H70N12O9/c1-5-29-11-13-31(14-12-29)51-44(66)55-34-17-22-49-43(65)37(28(4)59)56-38(60)32(15-19-46)50-25-45(26-58,18-21-48)57-42(64)35(23-27(2)3)53-41(63)36(24-30-9-7-6-8-10-30)54-39(61)33(16-20-47)52-40(34)62/h6-14,26-28,32-37,50,59H,5,15-25,46-48H2,1-4H3,(H,49,65)(H,52,62)(H,53,63)(H,54,61)(H,56,60)(H,57,64)(H2,51,55,66)/t28-,32+,33+,34+,35+,36-,37+,45-/m1/s1. The maximum atomic E-state index is 14.3. The Hall–Kier alpha value is -6.00. The number of aliphatic hydroxyl groups is 1. The number of carbonyl (C=O) groups is 8. The van der Waals surface area contributed by atoms with Gasteiger partial charge in [0.1, 0.15) is 42.0 Å². The molecule has 2 aromatic carbocycles. The van der Waals surface area contributed by atoms with Crippen LogP contribution in [-0.2, 0) is 46.4 Å². The third kappa shape index (κ3) is 17.4. The van der Waals surface area contributed by atoms with E-state index in [4.69, 9.17) is 17.2 Å². The highest BCUT2D eigenvalue weighted by atomic mass is 16.3. The summed E-state index contributed by atoms with van der Waals surface area (Å²) >= 11 is 0. The number of aldehydes is 1. The van der Waals surface area contributed by atoms with E-state index in [2.05, 4.69) is 47.9 Å². The summed E-state index contributed by atoms with van der Waals surface area (Å²) in [5.41, 5.74) is 18.1. The van der Waals surface area contributed by atoms with Gasteiger partial charge in [0.15, 0.2) is 0 Å². The molecule has 21 nitrogen and oxygen atoms in total. The molecule has 8 amide bonds.